The van der Waals surface area contributed by atoms with E-state index in [-0.39, 0.29) is 11.3 Å². The second-order valence-electron chi connectivity index (χ2n) is 4.38. The molecule has 0 radical (unpaired) electrons. The number of rotatable bonds is 2. The Morgan fingerprint density at radius 3 is 2.40 bits per heavy atom. The Kier molecular flexibility index (Phi) is 3.12. The minimum absolute atomic E-state index is 0.0208. The third-order valence-corrected chi connectivity index (χ3v) is 1.74. The molecule has 0 aliphatic heterocycles. The molecule has 0 bridgehead atoms. The summed E-state index contributed by atoms with van der Waals surface area (Å²) in [5, 5.41) is 0. The van der Waals surface area contributed by atoms with Crippen LogP contribution in [-0.2, 0) is 0 Å². The Morgan fingerprint density at radius 2 is 1.93 bits per heavy atom. The SMILES string of the molecule is CC(=O)c1c(F)cccc1OC(C)(C)C. The van der Waals surface area contributed by atoms with Gasteiger partial charge in [-0.2, -0.15) is 0 Å². The number of ketones is 1. The number of hydrogen-bond donors (Lipinski definition) is 0. The molecular weight excluding hydrogens is 195 g/mol. The number of halogens is 1. The van der Waals surface area contributed by atoms with Gasteiger partial charge in [0.1, 0.15) is 17.2 Å². The summed E-state index contributed by atoms with van der Waals surface area (Å²) < 4.78 is 18.9. The molecule has 0 aromatic heterocycles. The van der Waals surface area contributed by atoms with Crippen molar-refractivity contribution >= 4 is 5.78 Å². The summed E-state index contributed by atoms with van der Waals surface area (Å²) in [6, 6.07) is 4.39. The molecule has 0 aliphatic carbocycles. The van der Waals surface area contributed by atoms with E-state index >= 15 is 0 Å². The van der Waals surface area contributed by atoms with Gasteiger partial charge in [0.25, 0.3) is 0 Å². The summed E-state index contributed by atoms with van der Waals surface area (Å²) in [6.45, 7) is 6.87. The zero-order chi connectivity index (χ0) is 11.6. The van der Waals surface area contributed by atoms with Crippen LogP contribution in [0.3, 0.4) is 0 Å². The smallest absolute Gasteiger partial charge is 0.166 e. The molecule has 82 valence electrons. The standard InChI is InChI=1S/C12H15FO2/c1-8(14)11-9(13)6-5-7-10(11)15-12(2,3)4/h5-7H,1-4H3. The third kappa shape index (κ3) is 3.05. The van der Waals surface area contributed by atoms with Crippen LogP contribution in [0, 0.1) is 5.82 Å². The van der Waals surface area contributed by atoms with E-state index in [4.69, 9.17) is 4.74 Å². The number of ether oxygens (including phenoxy) is 1. The maximum Gasteiger partial charge on any atom is 0.166 e. The van der Waals surface area contributed by atoms with Gasteiger partial charge in [0, 0.05) is 0 Å². The highest BCUT2D eigenvalue weighted by Gasteiger charge is 2.19. The molecular formula is C12H15FO2. The fraction of sp³-hybridized carbons (Fsp3) is 0.417. The zero-order valence-corrected chi connectivity index (χ0v) is 9.43. The maximum atomic E-state index is 13.4. The van der Waals surface area contributed by atoms with Crippen LogP contribution in [0.25, 0.3) is 0 Å². The first-order valence-corrected chi connectivity index (χ1v) is 4.80. The average molecular weight is 210 g/mol. The van der Waals surface area contributed by atoms with E-state index in [2.05, 4.69) is 0 Å². The van der Waals surface area contributed by atoms with E-state index in [1.165, 1.54) is 19.1 Å². The fourth-order valence-corrected chi connectivity index (χ4v) is 1.26. The molecule has 0 atom stereocenters. The van der Waals surface area contributed by atoms with Crippen molar-refractivity contribution in [1.29, 1.82) is 0 Å². The molecule has 0 spiro atoms. The molecule has 0 heterocycles. The van der Waals surface area contributed by atoms with Crippen molar-refractivity contribution in [1.82, 2.24) is 0 Å². The summed E-state index contributed by atoms with van der Waals surface area (Å²) in [5.41, 5.74) is -0.426. The van der Waals surface area contributed by atoms with Gasteiger partial charge in [-0.05, 0) is 39.8 Å². The predicted molar refractivity (Wildman–Crippen MR) is 56.8 cm³/mol. The summed E-state index contributed by atoms with van der Waals surface area (Å²) in [6.07, 6.45) is 0. The van der Waals surface area contributed by atoms with Gasteiger partial charge in [0.05, 0.1) is 5.56 Å². The lowest BCUT2D eigenvalue weighted by Gasteiger charge is -2.22. The highest BCUT2D eigenvalue weighted by atomic mass is 19.1. The fourth-order valence-electron chi connectivity index (χ4n) is 1.26. The number of benzene rings is 1. The quantitative estimate of drug-likeness (QED) is 0.700. The summed E-state index contributed by atoms with van der Waals surface area (Å²) in [4.78, 5) is 11.3. The first-order valence-electron chi connectivity index (χ1n) is 4.80. The highest BCUT2D eigenvalue weighted by molar-refractivity contribution is 5.97. The van der Waals surface area contributed by atoms with Crippen molar-refractivity contribution < 1.29 is 13.9 Å². The number of carbonyl (C=O) groups is 1. The van der Waals surface area contributed by atoms with Gasteiger partial charge in [-0.3, -0.25) is 4.79 Å². The Balaban J connectivity index is 3.18. The normalized spacial score (nSPS) is 11.3. The van der Waals surface area contributed by atoms with Crippen LogP contribution in [0.2, 0.25) is 0 Å². The minimum Gasteiger partial charge on any atom is -0.487 e. The lowest BCUT2D eigenvalue weighted by molar-refractivity contribution is 0.0985. The number of Topliss-reactive ketones (excluding diaryl/α,β-unsaturated/α-hetero) is 1. The van der Waals surface area contributed by atoms with E-state index < -0.39 is 11.4 Å². The van der Waals surface area contributed by atoms with E-state index in [0.29, 0.717) is 5.75 Å². The second kappa shape index (κ2) is 4.01. The molecule has 1 rings (SSSR count). The molecule has 0 N–H and O–H groups in total. The van der Waals surface area contributed by atoms with Gasteiger partial charge in [-0.15, -0.1) is 0 Å². The molecule has 3 heteroatoms. The van der Waals surface area contributed by atoms with Crippen molar-refractivity contribution in [3.8, 4) is 5.75 Å². The van der Waals surface area contributed by atoms with Crippen molar-refractivity contribution in [2.75, 3.05) is 0 Å². The summed E-state index contributed by atoms with van der Waals surface area (Å²) >= 11 is 0. The Bertz CT molecular complexity index is 378. The first kappa shape index (κ1) is 11.7. The molecule has 0 aliphatic rings. The molecule has 0 fully saturated rings. The monoisotopic (exact) mass is 210 g/mol. The van der Waals surface area contributed by atoms with Crippen molar-refractivity contribution in [2.45, 2.75) is 33.3 Å². The predicted octanol–water partition coefficient (Wildman–Crippen LogP) is 3.21. The molecule has 15 heavy (non-hydrogen) atoms. The van der Waals surface area contributed by atoms with Gasteiger partial charge < -0.3 is 4.74 Å². The molecule has 0 saturated carbocycles. The minimum atomic E-state index is -0.538. The van der Waals surface area contributed by atoms with Gasteiger partial charge in [-0.25, -0.2) is 4.39 Å². The van der Waals surface area contributed by atoms with Crippen molar-refractivity contribution in [3.05, 3.63) is 29.6 Å². The van der Waals surface area contributed by atoms with Crippen LogP contribution in [0.4, 0.5) is 4.39 Å². The Hall–Kier alpha value is -1.38. The topological polar surface area (TPSA) is 26.3 Å². The Morgan fingerprint density at radius 1 is 1.33 bits per heavy atom. The summed E-state index contributed by atoms with van der Waals surface area (Å²) in [7, 11) is 0. The lowest BCUT2D eigenvalue weighted by atomic mass is 10.1. The zero-order valence-electron chi connectivity index (χ0n) is 9.43. The van der Waals surface area contributed by atoms with Crippen LogP contribution in [0.1, 0.15) is 38.1 Å². The van der Waals surface area contributed by atoms with E-state index in [1.807, 2.05) is 20.8 Å². The van der Waals surface area contributed by atoms with Gasteiger partial charge >= 0.3 is 0 Å². The first-order chi connectivity index (χ1) is 6.81. The van der Waals surface area contributed by atoms with E-state index in [1.54, 1.807) is 6.07 Å². The molecule has 0 unspecified atom stereocenters. The van der Waals surface area contributed by atoms with Crippen molar-refractivity contribution in [3.63, 3.8) is 0 Å². The second-order valence-corrected chi connectivity index (χ2v) is 4.38. The van der Waals surface area contributed by atoms with Gasteiger partial charge in [-0.1, -0.05) is 6.07 Å². The van der Waals surface area contributed by atoms with Crippen LogP contribution in [-0.4, -0.2) is 11.4 Å². The number of hydrogen-bond acceptors (Lipinski definition) is 2. The van der Waals surface area contributed by atoms with Gasteiger partial charge in [0.15, 0.2) is 5.78 Å². The molecule has 0 amide bonds. The molecule has 1 aromatic carbocycles. The molecule has 1 aromatic rings. The molecule has 0 saturated heterocycles. The van der Waals surface area contributed by atoms with E-state index in [0.717, 1.165) is 0 Å². The van der Waals surface area contributed by atoms with Gasteiger partial charge in [0.2, 0.25) is 0 Å². The van der Waals surface area contributed by atoms with Crippen LogP contribution in [0.15, 0.2) is 18.2 Å². The highest BCUT2D eigenvalue weighted by Crippen LogP contribution is 2.25. The number of carbonyl (C=O) groups excluding carboxylic acids is 1. The van der Waals surface area contributed by atoms with E-state index in [9.17, 15) is 9.18 Å². The average Bonchev–Trinajstić information content (AvgIpc) is 1.99. The van der Waals surface area contributed by atoms with Crippen LogP contribution < -0.4 is 4.74 Å². The largest absolute Gasteiger partial charge is 0.487 e. The van der Waals surface area contributed by atoms with Crippen LogP contribution >= 0.6 is 0 Å². The lowest BCUT2D eigenvalue weighted by Crippen LogP contribution is -2.24. The molecule has 2 nitrogen and oxygen atoms in total. The Labute approximate surface area is 89.1 Å². The summed E-state index contributed by atoms with van der Waals surface area (Å²) in [5.74, 6) is -0.563. The van der Waals surface area contributed by atoms with Crippen molar-refractivity contribution in [2.24, 2.45) is 0 Å². The van der Waals surface area contributed by atoms with Crippen LogP contribution in [0.5, 0.6) is 5.75 Å². The maximum absolute atomic E-state index is 13.4. The third-order valence-electron chi connectivity index (χ3n) is 1.74.